The summed E-state index contributed by atoms with van der Waals surface area (Å²) in [5, 5.41) is 11.3. The van der Waals surface area contributed by atoms with Crippen molar-refractivity contribution in [1.29, 1.82) is 0 Å². The van der Waals surface area contributed by atoms with Gasteiger partial charge in [0.1, 0.15) is 0 Å². The highest BCUT2D eigenvalue weighted by atomic mass is 127. The Hall–Kier alpha value is -1.81. The highest BCUT2D eigenvalue weighted by Gasteiger charge is 2.21. The van der Waals surface area contributed by atoms with Crippen LogP contribution in [-0.2, 0) is 17.6 Å². The zero-order valence-electron chi connectivity index (χ0n) is 19.7. The van der Waals surface area contributed by atoms with Crippen molar-refractivity contribution in [3.05, 3.63) is 35.5 Å². The largest absolute Gasteiger partial charge is 0.361 e. The molecule has 8 heteroatoms. The number of aromatic amines is 1. The van der Waals surface area contributed by atoms with Crippen LogP contribution >= 0.6 is 24.0 Å². The van der Waals surface area contributed by atoms with Gasteiger partial charge in [-0.15, -0.1) is 24.0 Å². The zero-order chi connectivity index (χ0) is 22.1. The van der Waals surface area contributed by atoms with Crippen LogP contribution in [0.2, 0.25) is 0 Å². The summed E-state index contributed by atoms with van der Waals surface area (Å²) in [6.45, 7) is 8.23. The van der Waals surface area contributed by atoms with Crippen LogP contribution in [-0.4, -0.2) is 67.6 Å². The number of para-hydroxylation sites is 1. The lowest BCUT2D eigenvalue weighted by molar-refractivity contribution is -0.122. The fraction of sp³-hybridized carbons (Fsp3) is 0.583. The summed E-state index contributed by atoms with van der Waals surface area (Å²) < 4.78 is 0. The molecule has 1 amide bonds. The number of nitrogens with zero attached hydrogens (tertiary/aromatic N) is 2. The normalized spacial score (nSPS) is 15.4. The molecule has 2 aromatic rings. The number of hydrogen-bond acceptors (Lipinski definition) is 3. The highest BCUT2D eigenvalue weighted by molar-refractivity contribution is 14.0. The predicted molar refractivity (Wildman–Crippen MR) is 144 cm³/mol. The molecule has 1 aromatic heterocycles. The number of halogens is 1. The van der Waals surface area contributed by atoms with Crippen molar-refractivity contribution in [2.45, 2.75) is 52.0 Å². The molecule has 2 heterocycles. The number of aromatic nitrogens is 1. The van der Waals surface area contributed by atoms with Crippen LogP contribution in [0.3, 0.4) is 0 Å². The lowest BCUT2D eigenvalue weighted by Gasteiger charge is -2.32. The second-order valence-corrected chi connectivity index (χ2v) is 8.30. The number of fused-ring (bicyclic) bond motifs is 1. The molecule has 1 aromatic carbocycles. The first-order valence-electron chi connectivity index (χ1n) is 11.7. The smallest absolute Gasteiger partial charge is 0.234 e. The first-order chi connectivity index (χ1) is 15.1. The first kappa shape index (κ1) is 26.4. The molecular formula is C24H39IN6O. The second-order valence-electron chi connectivity index (χ2n) is 8.30. The van der Waals surface area contributed by atoms with E-state index in [9.17, 15) is 4.79 Å². The number of benzene rings is 1. The highest BCUT2D eigenvalue weighted by Crippen LogP contribution is 2.22. The number of guanidine groups is 1. The molecule has 1 aliphatic heterocycles. The van der Waals surface area contributed by atoms with Gasteiger partial charge in [0.15, 0.2) is 5.96 Å². The van der Waals surface area contributed by atoms with E-state index in [1.165, 1.54) is 22.0 Å². The Labute approximate surface area is 209 Å². The summed E-state index contributed by atoms with van der Waals surface area (Å²) in [6, 6.07) is 6.92. The second kappa shape index (κ2) is 13.7. The van der Waals surface area contributed by atoms with Crippen LogP contribution in [0.15, 0.2) is 29.4 Å². The maximum Gasteiger partial charge on any atom is 0.234 e. The molecule has 178 valence electrons. The number of aryl methyl sites for hydroxylation is 1. The third-order valence-corrected chi connectivity index (χ3v) is 6.05. The van der Waals surface area contributed by atoms with Crippen molar-refractivity contribution in [1.82, 2.24) is 25.8 Å². The fourth-order valence-corrected chi connectivity index (χ4v) is 4.24. The molecule has 0 radical (unpaired) electrons. The van der Waals surface area contributed by atoms with Gasteiger partial charge in [-0.3, -0.25) is 14.7 Å². The van der Waals surface area contributed by atoms with Crippen LogP contribution < -0.4 is 16.0 Å². The molecular weight excluding hydrogens is 515 g/mol. The zero-order valence-corrected chi connectivity index (χ0v) is 22.0. The molecule has 32 heavy (non-hydrogen) atoms. The molecule has 1 aliphatic rings. The summed E-state index contributed by atoms with van der Waals surface area (Å²) in [6.07, 6.45) is 7.12. The van der Waals surface area contributed by atoms with E-state index >= 15 is 0 Å². The van der Waals surface area contributed by atoms with E-state index in [0.29, 0.717) is 12.6 Å². The topological polar surface area (TPSA) is 84.6 Å². The van der Waals surface area contributed by atoms with Gasteiger partial charge in [-0.2, -0.15) is 0 Å². The molecule has 0 bridgehead atoms. The first-order valence-corrected chi connectivity index (χ1v) is 11.7. The van der Waals surface area contributed by atoms with E-state index in [1.807, 2.05) is 7.05 Å². The molecule has 3 rings (SSSR count). The van der Waals surface area contributed by atoms with Gasteiger partial charge in [0.25, 0.3) is 0 Å². The van der Waals surface area contributed by atoms with E-state index in [1.54, 1.807) is 0 Å². The lowest BCUT2D eigenvalue weighted by atomic mass is 10.1. The summed E-state index contributed by atoms with van der Waals surface area (Å²) in [5.74, 6) is 0.988. The predicted octanol–water partition coefficient (Wildman–Crippen LogP) is 3.05. The Morgan fingerprint density at radius 1 is 1.16 bits per heavy atom. The van der Waals surface area contributed by atoms with Crippen molar-refractivity contribution in [3.8, 4) is 0 Å². The van der Waals surface area contributed by atoms with Gasteiger partial charge in [-0.25, -0.2) is 0 Å². The summed E-state index contributed by atoms with van der Waals surface area (Å²) in [4.78, 5) is 22.0. The maximum atomic E-state index is 11.9. The number of rotatable bonds is 9. The molecule has 4 N–H and O–H groups in total. The monoisotopic (exact) mass is 554 g/mol. The Kier molecular flexibility index (Phi) is 11.3. The van der Waals surface area contributed by atoms with Gasteiger partial charge in [0, 0.05) is 56.4 Å². The third kappa shape index (κ3) is 7.37. The van der Waals surface area contributed by atoms with Crippen LogP contribution in [0.5, 0.6) is 0 Å². The van der Waals surface area contributed by atoms with E-state index in [-0.39, 0.29) is 29.9 Å². The minimum Gasteiger partial charge on any atom is -0.361 e. The fourth-order valence-electron chi connectivity index (χ4n) is 4.24. The van der Waals surface area contributed by atoms with Crippen molar-refractivity contribution in [2.24, 2.45) is 4.99 Å². The van der Waals surface area contributed by atoms with Crippen LogP contribution in [0, 0.1) is 0 Å². The number of hydrogen-bond donors (Lipinski definition) is 4. The molecule has 0 saturated carbocycles. The molecule has 0 atom stereocenters. The number of amides is 1. The summed E-state index contributed by atoms with van der Waals surface area (Å²) in [7, 11) is 1.82. The SMILES string of the molecule is CCCNC(=O)CN1CCC(NC(=NC)NCCc2c[nH]c3c(CC)cccc23)CC1.I. The van der Waals surface area contributed by atoms with Gasteiger partial charge in [-0.05, 0) is 43.2 Å². The number of likely N-dealkylation sites (tertiary alicyclic amines) is 1. The van der Waals surface area contributed by atoms with E-state index in [4.69, 9.17) is 0 Å². The summed E-state index contributed by atoms with van der Waals surface area (Å²) in [5.41, 5.74) is 3.96. The Morgan fingerprint density at radius 2 is 1.94 bits per heavy atom. The van der Waals surface area contributed by atoms with Crippen molar-refractivity contribution in [3.63, 3.8) is 0 Å². The van der Waals surface area contributed by atoms with Crippen molar-refractivity contribution >= 4 is 46.7 Å². The summed E-state index contributed by atoms with van der Waals surface area (Å²) >= 11 is 0. The number of piperidine rings is 1. The molecule has 7 nitrogen and oxygen atoms in total. The van der Waals surface area contributed by atoms with Gasteiger partial charge in [-0.1, -0.05) is 32.0 Å². The maximum absolute atomic E-state index is 11.9. The van der Waals surface area contributed by atoms with Crippen molar-refractivity contribution < 1.29 is 4.79 Å². The molecule has 0 spiro atoms. The Bertz CT molecular complexity index is 872. The van der Waals surface area contributed by atoms with E-state index < -0.39 is 0 Å². The number of nitrogens with one attached hydrogen (secondary N) is 4. The average molecular weight is 555 g/mol. The molecule has 1 saturated heterocycles. The van der Waals surface area contributed by atoms with E-state index in [0.717, 1.165) is 64.2 Å². The van der Waals surface area contributed by atoms with Gasteiger partial charge >= 0.3 is 0 Å². The third-order valence-electron chi connectivity index (χ3n) is 6.05. The van der Waals surface area contributed by atoms with Crippen LogP contribution in [0.4, 0.5) is 0 Å². The molecule has 0 aliphatic carbocycles. The standard InChI is InChI=1S/C24H38N6O.HI/c1-4-12-26-22(31)17-30-14-10-20(11-15-30)29-24(25-3)27-13-9-19-16-28-23-18(5-2)7-6-8-21(19)23;/h6-8,16,20,28H,4-5,9-15,17H2,1-3H3,(H,26,31)(H2,25,27,29);1H. The van der Waals surface area contributed by atoms with Crippen LogP contribution in [0.1, 0.15) is 44.2 Å². The minimum absolute atomic E-state index is 0. The van der Waals surface area contributed by atoms with Gasteiger partial charge in [0.2, 0.25) is 5.91 Å². The van der Waals surface area contributed by atoms with Crippen molar-refractivity contribution in [2.75, 3.05) is 39.8 Å². The molecule has 1 fully saturated rings. The molecule has 0 unspecified atom stereocenters. The average Bonchev–Trinajstić information content (AvgIpc) is 3.21. The lowest BCUT2D eigenvalue weighted by Crippen LogP contribution is -2.50. The van der Waals surface area contributed by atoms with E-state index in [2.05, 4.69) is 69.1 Å². The number of H-pyrrole nitrogens is 1. The van der Waals surface area contributed by atoms with Crippen LogP contribution in [0.25, 0.3) is 10.9 Å². The Morgan fingerprint density at radius 3 is 2.62 bits per heavy atom. The van der Waals surface area contributed by atoms with Gasteiger partial charge in [0.05, 0.1) is 6.54 Å². The number of aliphatic imine (C=N–C) groups is 1. The number of carbonyl (C=O) groups is 1. The quantitative estimate of drug-likeness (QED) is 0.218. The Balaban J connectivity index is 0.00000363. The number of carbonyl (C=O) groups excluding carboxylic acids is 1. The minimum atomic E-state index is 0. The van der Waals surface area contributed by atoms with Gasteiger partial charge < -0.3 is 20.9 Å².